The van der Waals surface area contributed by atoms with Gasteiger partial charge < -0.3 is 19.6 Å². The molecule has 0 saturated heterocycles. The van der Waals surface area contributed by atoms with Crippen molar-refractivity contribution in [2.75, 3.05) is 12.4 Å². The molecule has 8 nitrogen and oxygen atoms in total. The number of amides is 1. The number of rotatable bonds is 13. The molecule has 1 amide bonds. The third-order valence-corrected chi connectivity index (χ3v) is 5.89. The summed E-state index contributed by atoms with van der Waals surface area (Å²) < 4.78 is 40.8. The van der Waals surface area contributed by atoms with E-state index < -0.39 is 34.1 Å². The van der Waals surface area contributed by atoms with Crippen LogP contribution in [0.2, 0.25) is 0 Å². The second kappa shape index (κ2) is 13.2. The Balaban J connectivity index is 2.04. The van der Waals surface area contributed by atoms with Crippen LogP contribution < -0.4 is 5.32 Å². The van der Waals surface area contributed by atoms with Crippen molar-refractivity contribution in [2.45, 2.75) is 52.6 Å². The van der Waals surface area contributed by atoms with Crippen molar-refractivity contribution in [3.05, 3.63) is 71.8 Å². The first-order valence-corrected chi connectivity index (χ1v) is 12.6. The second-order valence-electron chi connectivity index (χ2n) is 9.08. The van der Waals surface area contributed by atoms with Crippen LogP contribution in [0.5, 0.6) is 0 Å². The van der Waals surface area contributed by atoms with E-state index in [9.17, 15) is 18.0 Å². The van der Waals surface area contributed by atoms with E-state index in [1.54, 1.807) is 12.1 Å². The number of carbonyl (C=O) groups excluding carboxylic acids is 2. The molecule has 186 valence electrons. The first kappa shape index (κ1) is 27.5. The van der Waals surface area contributed by atoms with E-state index >= 15 is 0 Å². The highest BCUT2D eigenvalue weighted by Gasteiger charge is 2.28. The van der Waals surface area contributed by atoms with Gasteiger partial charge in [0.2, 0.25) is 0 Å². The maximum atomic E-state index is 12.4. The maximum Gasteiger partial charge on any atom is 0.407 e. The summed E-state index contributed by atoms with van der Waals surface area (Å²) in [4.78, 5) is 24.2. The first-order valence-electron chi connectivity index (χ1n) is 11.0. The number of alkyl carbamates (subject to hydrolysis) is 1. The van der Waals surface area contributed by atoms with Crippen LogP contribution in [0, 0.1) is 5.41 Å². The molecule has 0 aromatic heterocycles. The predicted molar refractivity (Wildman–Crippen MR) is 128 cm³/mol. The number of carbonyl (C=O) groups is 2. The number of benzene rings is 2. The molecular weight excluding hydrogens is 458 g/mol. The molecule has 0 aliphatic heterocycles. The van der Waals surface area contributed by atoms with E-state index in [0.29, 0.717) is 6.29 Å². The molecule has 1 N–H and O–H groups in total. The molecule has 0 aliphatic rings. The quantitative estimate of drug-likeness (QED) is 0.335. The molecule has 0 heterocycles. The summed E-state index contributed by atoms with van der Waals surface area (Å²) in [6.45, 7) is 5.74. The van der Waals surface area contributed by atoms with Gasteiger partial charge in [0.1, 0.15) is 12.7 Å². The van der Waals surface area contributed by atoms with E-state index in [0.717, 1.165) is 11.1 Å². The largest absolute Gasteiger partial charge is 0.445 e. The number of hydrogen-bond acceptors (Lipinski definition) is 7. The lowest BCUT2D eigenvalue weighted by molar-refractivity contribution is -0.120. The molecule has 34 heavy (non-hydrogen) atoms. The Morgan fingerprint density at radius 1 is 0.971 bits per heavy atom. The summed E-state index contributed by atoms with van der Waals surface area (Å²) in [6.07, 6.45) is -1.40. The Bertz CT molecular complexity index is 989. The standard InChI is InChI=1S/C25H33NO7S/c1-25(2,3)19-33-34(29,30)15-14-22(23(16-27)31-17-20-10-6-4-7-11-20)26-24(28)32-18-21-12-8-5-9-13-21/h4-13,16,22-23H,14-15,17-19H2,1-3H3,(H,26,28). The molecule has 9 heteroatoms. The van der Waals surface area contributed by atoms with Crippen molar-refractivity contribution >= 4 is 22.5 Å². The van der Waals surface area contributed by atoms with Gasteiger partial charge in [-0.1, -0.05) is 81.4 Å². The van der Waals surface area contributed by atoms with Gasteiger partial charge in [0, 0.05) is 0 Å². The highest BCUT2D eigenvalue weighted by atomic mass is 32.2. The van der Waals surface area contributed by atoms with Gasteiger partial charge in [0.05, 0.1) is 25.0 Å². The summed E-state index contributed by atoms with van der Waals surface area (Å²) in [5.74, 6) is -0.397. The fraction of sp³-hybridized carbons (Fsp3) is 0.440. The minimum absolute atomic E-state index is 0.0220. The Hall–Kier alpha value is -2.75. The van der Waals surface area contributed by atoms with E-state index in [4.69, 9.17) is 13.7 Å². The molecule has 0 aliphatic carbocycles. The lowest BCUT2D eigenvalue weighted by Crippen LogP contribution is -2.46. The van der Waals surface area contributed by atoms with Crippen molar-refractivity contribution in [3.63, 3.8) is 0 Å². The zero-order valence-corrected chi connectivity index (χ0v) is 20.6. The molecule has 2 aromatic rings. The van der Waals surface area contributed by atoms with Crippen molar-refractivity contribution < 1.29 is 31.7 Å². The fourth-order valence-corrected chi connectivity index (χ4v) is 4.04. The Labute approximate surface area is 201 Å². The van der Waals surface area contributed by atoms with E-state index in [2.05, 4.69) is 5.32 Å². The second-order valence-corrected chi connectivity index (χ2v) is 10.8. The minimum Gasteiger partial charge on any atom is -0.445 e. The number of hydrogen-bond donors (Lipinski definition) is 1. The van der Waals surface area contributed by atoms with Crippen LogP contribution in [0.25, 0.3) is 0 Å². The predicted octanol–water partition coefficient (Wildman–Crippen LogP) is 3.85. The third kappa shape index (κ3) is 10.9. The van der Waals surface area contributed by atoms with Crippen LogP contribution >= 0.6 is 0 Å². The van der Waals surface area contributed by atoms with Gasteiger partial charge in [-0.25, -0.2) is 4.79 Å². The topological polar surface area (TPSA) is 108 Å². The molecule has 0 spiro atoms. The number of ether oxygens (including phenoxy) is 2. The summed E-state index contributed by atoms with van der Waals surface area (Å²) in [6, 6.07) is 17.4. The molecule has 0 bridgehead atoms. The van der Waals surface area contributed by atoms with Gasteiger partial charge in [-0.05, 0) is 23.0 Å². The van der Waals surface area contributed by atoms with Crippen LogP contribution in [0.3, 0.4) is 0 Å². The molecule has 0 saturated carbocycles. The van der Waals surface area contributed by atoms with E-state index in [-0.39, 0.29) is 31.7 Å². The molecule has 2 rings (SSSR count). The van der Waals surface area contributed by atoms with Crippen LogP contribution in [0.4, 0.5) is 4.79 Å². The minimum atomic E-state index is -3.87. The zero-order valence-electron chi connectivity index (χ0n) is 19.8. The van der Waals surface area contributed by atoms with Crippen LogP contribution in [-0.4, -0.2) is 45.3 Å². The monoisotopic (exact) mass is 491 g/mol. The lowest BCUT2D eigenvalue weighted by atomic mass is 9.99. The summed E-state index contributed by atoms with van der Waals surface area (Å²) in [5.41, 5.74) is 1.29. The zero-order chi connectivity index (χ0) is 25.0. The van der Waals surface area contributed by atoms with Gasteiger partial charge in [0.25, 0.3) is 10.1 Å². The highest BCUT2D eigenvalue weighted by Crippen LogP contribution is 2.16. The normalized spacial score (nSPS) is 13.6. The SMILES string of the molecule is CC(C)(C)COS(=O)(=O)CCC(NC(=O)OCc1ccccc1)C(C=O)OCc1ccccc1. The Morgan fingerprint density at radius 2 is 1.53 bits per heavy atom. The Morgan fingerprint density at radius 3 is 2.06 bits per heavy atom. The molecule has 2 atom stereocenters. The molecule has 0 fully saturated rings. The van der Waals surface area contributed by atoms with Gasteiger partial charge in [0.15, 0.2) is 6.29 Å². The molecular formula is C25H33NO7S. The number of nitrogens with one attached hydrogen (secondary N) is 1. The molecule has 2 unspecified atom stereocenters. The van der Waals surface area contributed by atoms with Gasteiger partial charge >= 0.3 is 6.09 Å². The van der Waals surface area contributed by atoms with E-state index in [1.807, 2.05) is 69.3 Å². The lowest BCUT2D eigenvalue weighted by Gasteiger charge is -2.24. The smallest absolute Gasteiger partial charge is 0.407 e. The van der Waals surface area contributed by atoms with Gasteiger partial charge in [-0.3, -0.25) is 4.18 Å². The van der Waals surface area contributed by atoms with Crippen LogP contribution in [-0.2, 0) is 41.8 Å². The van der Waals surface area contributed by atoms with Gasteiger partial charge in [-0.15, -0.1) is 0 Å². The third-order valence-electron chi connectivity index (χ3n) is 4.68. The summed E-state index contributed by atoms with van der Waals surface area (Å²) in [7, 11) is -3.87. The average molecular weight is 492 g/mol. The molecule has 0 radical (unpaired) electrons. The van der Waals surface area contributed by atoms with Crippen LogP contribution in [0.15, 0.2) is 60.7 Å². The first-order chi connectivity index (χ1) is 16.1. The van der Waals surface area contributed by atoms with E-state index in [1.165, 1.54) is 0 Å². The Kier molecular flexibility index (Phi) is 10.7. The van der Waals surface area contributed by atoms with Gasteiger partial charge in [-0.2, -0.15) is 8.42 Å². The summed E-state index contributed by atoms with van der Waals surface area (Å²) >= 11 is 0. The summed E-state index contributed by atoms with van der Waals surface area (Å²) in [5, 5.41) is 2.58. The van der Waals surface area contributed by atoms with Crippen LogP contribution in [0.1, 0.15) is 38.3 Å². The van der Waals surface area contributed by atoms with Crippen molar-refractivity contribution in [1.82, 2.24) is 5.32 Å². The van der Waals surface area contributed by atoms with Crippen molar-refractivity contribution in [3.8, 4) is 0 Å². The maximum absolute atomic E-state index is 12.4. The molecule has 2 aromatic carbocycles. The average Bonchev–Trinajstić information content (AvgIpc) is 2.81. The highest BCUT2D eigenvalue weighted by molar-refractivity contribution is 7.86. The van der Waals surface area contributed by atoms with Crippen molar-refractivity contribution in [1.29, 1.82) is 0 Å². The van der Waals surface area contributed by atoms with Crippen molar-refractivity contribution in [2.24, 2.45) is 5.41 Å². The fourth-order valence-electron chi connectivity index (χ4n) is 2.85. The number of aldehydes is 1.